The highest BCUT2D eigenvalue weighted by Gasteiger charge is 2.36. The number of aldehydes is 1. The summed E-state index contributed by atoms with van der Waals surface area (Å²) in [6.07, 6.45) is 11.2. The van der Waals surface area contributed by atoms with E-state index in [2.05, 4.69) is 54.9 Å². The molecule has 1 saturated heterocycles. The third kappa shape index (κ3) is 18.5. The molecule has 0 aromatic rings. The van der Waals surface area contributed by atoms with Crippen molar-refractivity contribution in [2.45, 2.75) is 130 Å². The Balaban J connectivity index is 0. The fraction of sp³-hybridized carbons (Fsp3) is 0.750. The van der Waals surface area contributed by atoms with Crippen molar-refractivity contribution in [2.75, 3.05) is 48.5 Å². The molecule has 11 nitrogen and oxygen atoms in total. The first-order chi connectivity index (χ1) is 24.1. The second-order valence-electron chi connectivity index (χ2n) is 14.0. The van der Waals surface area contributed by atoms with Crippen molar-refractivity contribution in [1.82, 2.24) is 25.8 Å². The van der Waals surface area contributed by atoms with Crippen LogP contribution in [0.2, 0.25) is 0 Å². The van der Waals surface area contributed by atoms with Gasteiger partial charge < -0.3 is 40.0 Å². The van der Waals surface area contributed by atoms with Gasteiger partial charge in [-0.1, -0.05) is 92.7 Å². The molecule has 1 aliphatic rings. The Morgan fingerprint density at radius 3 is 2.04 bits per heavy atom. The molecule has 0 aromatic heterocycles. The molecule has 51 heavy (non-hydrogen) atoms. The van der Waals surface area contributed by atoms with E-state index >= 15 is 0 Å². The highest BCUT2D eigenvalue weighted by atomic mass is 16.5. The number of amides is 3. The molecule has 1 heterocycles. The lowest BCUT2D eigenvalue weighted by Gasteiger charge is -2.37. The lowest BCUT2D eigenvalue weighted by atomic mass is 9.91. The Bertz CT molecular complexity index is 1050. The molecule has 1 aliphatic heterocycles. The van der Waals surface area contributed by atoms with E-state index in [4.69, 9.17) is 9.47 Å². The first-order valence-electron chi connectivity index (χ1n) is 18.7. The Morgan fingerprint density at radius 1 is 1.02 bits per heavy atom. The zero-order chi connectivity index (χ0) is 39.7. The lowest BCUT2D eigenvalue weighted by Crippen LogP contribution is -2.53. The second-order valence-corrected chi connectivity index (χ2v) is 14.0. The third-order valence-electron chi connectivity index (χ3n) is 9.41. The molecule has 1 fully saturated rings. The highest BCUT2D eigenvalue weighted by molar-refractivity contribution is 5.87. The van der Waals surface area contributed by atoms with Crippen LogP contribution < -0.4 is 16.0 Å². The number of likely N-dealkylation sites (tertiary alicyclic amines) is 1. The zero-order valence-electron chi connectivity index (χ0n) is 34.4. The fourth-order valence-corrected chi connectivity index (χ4v) is 6.38. The molecule has 3 amide bonds. The molecule has 8 atom stereocenters. The van der Waals surface area contributed by atoms with E-state index in [0.29, 0.717) is 6.04 Å². The van der Waals surface area contributed by atoms with Gasteiger partial charge in [0.2, 0.25) is 17.7 Å². The predicted molar refractivity (Wildman–Crippen MR) is 210 cm³/mol. The average molecular weight is 722 g/mol. The number of methoxy groups -OCH3 is 2. The first kappa shape index (κ1) is 50.2. The number of hydrogen-bond donors (Lipinski definition) is 3. The van der Waals surface area contributed by atoms with Crippen LogP contribution in [0.4, 0.5) is 0 Å². The number of carbonyl (C=O) groups excluding carboxylic acids is 4. The van der Waals surface area contributed by atoms with Crippen molar-refractivity contribution in [3.05, 3.63) is 37.0 Å². The van der Waals surface area contributed by atoms with Gasteiger partial charge in [-0.2, -0.15) is 0 Å². The summed E-state index contributed by atoms with van der Waals surface area (Å²) in [5, 5.41) is 8.74. The van der Waals surface area contributed by atoms with Crippen LogP contribution in [-0.4, -0.2) is 119 Å². The quantitative estimate of drug-likeness (QED) is 0.110. The lowest BCUT2D eigenvalue weighted by molar-refractivity contribution is -0.138. The molecule has 1 rings (SSSR count). The average Bonchev–Trinajstić information content (AvgIpc) is 3.52. The minimum Gasteiger partial charge on any atom is -0.379 e. The summed E-state index contributed by atoms with van der Waals surface area (Å²) in [5.74, 6) is -0.248. The number of allylic oxidation sites excluding steroid dienone is 3. The highest BCUT2D eigenvalue weighted by Crippen LogP contribution is 2.25. The van der Waals surface area contributed by atoms with Crippen LogP contribution in [0.25, 0.3) is 0 Å². The van der Waals surface area contributed by atoms with Crippen LogP contribution in [-0.2, 0) is 28.7 Å². The van der Waals surface area contributed by atoms with E-state index < -0.39 is 0 Å². The van der Waals surface area contributed by atoms with E-state index in [1.165, 1.54) is 12.8 Å². The molecule has 0 aliphatic carbocycles. The Hall–Kier alpha value is -2.86. The minimum atomic E-state index is -0.363. The van der Waals surface area contributed by atoms with Crippen molar-refractivity contribution in [3.63, 3.8) is 0 Å². The van der Waals surface area contributed by atoms with Gasteiger partial charge in [0.1, 0.15) is 6.29 Å². The van der Waals surface area contributed by atoms with Gasteiger partial charge in [-0.25, -0.2) is 0 Å². The molecule has 8 unspecified atom stereocenters. The number of hydrogen-bond acceptors (Lipinski definition) is 8. The van der Waals surface area contributed by atoms with Gasteiger partial charge in [0.25, 0.3) is 0 Å². The Labute approximate surface area is 311 Å². The smallest absolute Gasteiger partial charge is 0.242 e. The van der Waals surface area contributed by atoms with E-state index in [9.17, 15) is 19.2 Å². The molecule has 11 heteroatoms. The Morgan fingerprint density at radius 2 is 1.63 bits per heavy atom. The van der Waals surface area contributed by atoms with Crippen LogP contribution in [0.5, 0.6) is 0 Å². The minimum absolute atomic E-state index is 0.0478. The van der Waals surface area contributed by atoms with Crippen molar-refractivity contribution in [3.8, 4) is 0 Å². The monoisotopic (exact) mass is 722 g/mol. The molecule has 0 aromatic carbocycles. The van der Waals surface area contributed by atoms with Gasteiger partial charge in [0.05, 0.1) is 36.8 Å². The topological polar surface area (TPSA) is 129 Å². The van der Waals surface area contributed by atoms with E-state index in [0.717, 1.165) is 37.7 Å². The van der Waals surface area contributed by atoms with Gasteiger partial charge in [-0.3, -0.25) is 14.4 Å². The van der Waals surface area contributed by atoms with E-state index in [-0.39, 0.29) is 78.8 Å². The number of nitrogens with zero attached hydrogens (tertiary/aromatic N) is 2. The van der Waals surface area contributed by atoms with Gasteiger partial charge in [0, 0.05) is 39.8 Å². The molecular weight excluding hydrogens is 646 g/mol. The van der Waals surface area contributed by atoms with Crippen LogP contribution in [0, 0.1) is 17.8 Å². The first-order valence-corrected chi connectivity index (χ1v) is 18.7. The summed E-state index contributed by atoms with van der Waals surface area (Å²) < 4.78 is 11.1. The van der Waals surface area contributed by atoms with Crippen LogP contribution in [0.15, 0.2) is 37.0 Å². The Kier molecular flexibility index (Phi) is 28.3. The summed E-state index contributed by atoms with van der Waals surface area (Å²) in [4.78, 5) is 52.1. The van der Waals surface area contributed by atoms with Crippen molar-refractivity contribution in [2.24, 2.45) is 17.8 Å². The van der Waals surface area contributed by atoms with Gasteiger partial charge in [-0.15, -0.1) is 0 Å². The summed E-state index contributed by atoms with van der Waals surface area (Å²) in [6.45, 7) is 24.6. The molecule has 0 radical (unpaired) electrons. The third-order valence-corrected chi connectivity index (χ3v) is 9.41. The van der Waals surface area contributed by atoms with E-state index in [1.54, 1.807) is 45.4 Å². The van der Waals surface area contributed by atoms with Crippen LogP contribution >= 0.6 is 0 Å². The molecule has 3 N–H and O–H groups in total. The predicted octanol–water partition coefficient (Wildman–Crippen LogP) is 5.16. The standard InChI is InChI=1S/C19H32N2O2.C18H35N3O4.C3H8/c1-7-10-16(8-2)13-14(3)20-19(22)15(4)18(23-6)17-11-9-12-21(17)5;1-8-13(4)17(14(25-7)9-10-22)21(6)15(23)11-20-18(24)16(19-5)12(2)3;1-3-2/h7-8,10,14-15,17-18H,1-2,9,11-13H2,3-6H3,(H,20,22);10,12-14,16-17,19H,8-9,11H2,1-7H3,(H,20,24);3H2,1-2H3/b16-10+;;. The number of likely N-dealkylation sites (N-methyl/N-ethyl adjacent to an activating group) is 3. The van der Waals surface area contributed by atoms with E-state index in [1.807, 2.05) is 47.6 Å². The summed E-state index contributed by atoms with van der Waals surface area (Å²) >= 11 is 0. The zero-order valence-corrected chi connectivity index (χ0v) is 34.4. The number of rotatable bonds is 21. The second kappa shape index (κ2) is 28.7. The summed E-state index contributed by atoms with van der Waals surface area (Å²) in [5.41, 5.74) is 1.07. The molecular formula is C40H75N5O6. The van der Waals surface area contributed by atoms with Crippen LogP contribution in [0.3, 0.4) is 0 Å². The maximum Gasteiger partial charge on any atom is 0.242 e. The largest absolute Gasteiger partial charge is 0.379 e. The van der Waals surface area contributed by atoms with Crippen molar-refractivity contribution < 1.29 is 28.7 Å². The van der Waals surface area contributed by atoms with Crippen LogP contribution in [0.1, 0.15) is 93.9 Å². The fourth-order valence-electron chi connectivity index (χ4n) is 6.38. The number of nitrogens with one attached hydrogen (secondary N) is 3. The van der Waals surface area contributed by atoms with Crippen molar-refractivity contribution >= 4 is 24.0 Å². The number of carbonyl (C=O) groups is 4. The molecule has 0 saturated carbocycles. The molecule has 0 bridgehead atoms. The normalized spacial score (nSPS) is 18.6. The molecule has 296 valence electrons. The van der Waals surface area contributed by atoms with Gasteiger partial charge in [-0.05, 0) is 64.2 Å². The summed E-state index contributed by atoms with van der Waals surface area (Å²) in [7, 11) is 8.77. The maximum atomic E-state index is 12.6. The van der Waals surface area contributed by atoms with Gasteiger partial charge in [0.15, 0.2) is 0 Å². The summed E-state index contributed by atoms with van der Waals surface area (Å²) in [6, 6.07) is -0.200. The maximum absolute atomic E-state index is 12.6. The van der Waals surface area contributed by atoms with Gasteiger partial charge >= 0.3 is 0 Å². The molecule has 0 spiro atoms. The number of ether oxygens (including phenoxy) is 2. The SMILES string of the molecule is C=C/C=C(\C=C)CC(C)NC(=O)C(C)C(OC)C1CCCN1C.CCC.CCC(C)C(C(CC=O)OC)N(C)C(=O)CNC(=O)C(NC)C(C)C. The van der Waals surface area contributed by atoms with Crippen molar-refractivity contribution in [1.29, 1.82) is 0 Å².